The van der Waals surface area contributed by atoms with Gasteiger partial charge in [-0.1, -0.05) is 19.9 Å². The van der Waals surface area contributed by atoms with Crippen LogP contribution in [0.2, 0.25) is 0 Å². The van der Waals surface area contributed by atoms with Crippen molar-refractivity contribution in [2.45, 2.75) is 26.7 Å². The molecule has 10 heavy (non-hydrogen) atoms. The molecule has 0 atom stereocenters. The molecule has 0 saturated carbocycles. The highest BCUT2D eigenvalue weighted by atomic mass is 16.5. The van der Waals surface area contributed by atoms with E-state index >= 15 is 0 Å². The van der Waals surface area contributed by atoms with E-state index < -0.39 is 0 Å². The van der Waals surface area contributed by atoms with Crippen molar-refractivity contribution in [1.29, 1.82) is 0 Å². The molecule has 0 spiro atoms. The van der Waals surface area contributed by atoms with Crippen LogP contribution in [0.5, 0.6) is 0 Å². The van der Waals surface area contributed by atoms with Gasteiger partial charge in [-0.3, -0.25) is 0 Å². The highest BCUT2D eigenvalue weighted by Crippen LogP contribution is 1.88. The predicted octanol–water partition coefficient (Wildman–Crippen LogP) is 1.94. The first kappa shape index (κ1) is 9.21. The molecule has 0 aliphatic rings. The van der Waals surface area contributed by atoms with Crippen molar-refractivity contribution in [3.8, 4) is 0 Å². The van der Waals surface area contributed by atoms with Gasteiger partial charge < -0.3 is 5.21 Å². The Kier molecular flexibility index (Phi) is 4.63. The first-order valence-electron chi connectivity index (χ1n) is 3.63. The molecule has 0 fully saturated rings. The number of hydrogen-bond acceptors (Lipinski definition) is 1. The molecule has 58 valence electrons. The van der Waals surface area contributed by atoms with E-state index in [-0.39, 0.29) is 0 Å². The molecular formula is C8H15NO. The summed E-state index contributed by atoms with van der Waals surface area (Å²) in [5, 5.41) is 10.9. The van der Waals surface area contributed by atoms with Gasteiger partial charge in [-0.25, -0.2) is 4.74 Å². The fourth-order valence-electron chi connectivity index (χ4n) is 0.580. The van der Waals surface area contributed by atoms with Crippen LogP contribution in [0.4, 0.5) is 0 Å². The van der Waals surface area contributed by atoms with Gasteiger partial charge in [-0.15, -0.1) is 0 Å². The van der Waals surface area contributed by atoms with Crippen LogP contribution >= 0.6 is 0 Å². The molecule has 0 aliphatic heterocycles. The van der Waals surface area contributed by atoms with Crippen LogP contribution in [0.25, 0.3) is 0 Å². The summed E-state index contributed by atoms with van der Waals surface area (Å²) < 4.78 is 0.983. The summed E-state index contributed by atoms with van der Waals surface area (Å²) in [7, 11) is 0. The Labute approximate surface area is 62.5 Å². The van der Waals surface area contributed by atoms with Gasteiger partial charge in [0, 0.05) is 13.3 Å². The summed E-state index contributed by atoms with van der Waals surface area (Å²) in [5.41, 5.74) is 0.702. The molecule has 0 bridgehead atoms. The zero-order valence-corrected chi connectivity index (χ0v) is 6.76. The molecule has 0 heterocycles. The lowest BCUT2D eigenvalue weighted by atomic mass is 10.3. The van der Waals surface area contributed by atoms with Crippen molar-refractivity contribution in [2.24, 2.45) is 0 Å². The molecule has 0 N–H and O–H groups in total. The monoisotopic (exact) mass is 141 g/mol. The Morgan fingerprint density at radius 2 is 2.30 bits per heavy atom. The molecule has 0 rings (SSSR count). The van der Waals surface area contributed by atoms with Crippen LogP contribution in [-0.2, 0) is 0 Å². The van der Waals surface area contributed by atoms with Crippen molar-refractivity contribution in [3.63, 3.8) is 0 Å². The Morgan fingerprint density at radius 3 is 2.70 bits per heavy atom. The highest BCUT2D eigenvalue weighted by molar-refractivity contribution is 5.87. The number of nitrogens with zero attached hydrogens (tertiary/aromatic N) is 1. The molecule has 0 aromatic carbocycles. The molecule has 2 heteroatoms. The number of rotatable bonds is 4. The summed E-state index contributed by atoms with van der Waals surface area (Å²) in [6.45, 7) is 7.94. The van der Waals surface area contributed by atoms with E-state index in [1.165, 1.54) is 0 Å². The Bertz CT molecular complexity index is 138. The van der Waals surface area contributed by atoms with Crippen LogP contribution in [-0.4, -0.2) is 17.0 Å². The van der Waals surface area contributed by atoms with E-state index in [0.717, 1.165) is 17.6 Å². The first-order chi connectivity index (χ1) is 4.72. The third-order valence-electron chi connectivity index (χ3n) is 1.40. The SMILES string of the molecule is C=C/C(C)=[N+](\[O-])CCCC. The zero-order chi connectivity index (χ0) is 7.98. The normalized spacial score (nSPS) is 12.6. The largest absolute Gasteiger partial charge is 0.624 e. The van der Waals surface area contributed by atoms with Crippen molar-refractivity contribution >= 4 is 5.71 Å². The van der Waals surface area contributed by atoms with Crippen molar-refractivity contribution in [1.82, 2.24) is 0 Å². The summed E-state index contributed by atoms with van der Waals surface area (Å²) in [5.74, 6) is 0. The average molecular weight is 141 g/mol. The van der Waals surface area contributed by atoms with Crippen molar-refractivity contribution < 1.29 is 4.74 Å². The lowest BCUT2D eigenvalue weighted by Crippen LogP contribution is -2.11. The third kappa shape index (κ3) is 3.28. The molecule has 0 radical (unpaired) electrons. The van der Waals surface area contributed by atoms with E-state index in [4.69, 9.17) is 0 Å². The van der Waals surface area contributed by atoms with Crippen LogP contribution in [0.1, 0.15) is 26.7 Å². The second kappa shape index (κ2) is 5.03. The van der Waals surface area contributed by atoms with Crippen LogP contribution in [0, 0.1) is 5.21 Å². The van der Waals surface area contributed by atoms with E-state index in [1.807, 2.05) is 0 Å². The Hall–Kier alpha value is -0.790. The average Bonchev–Trinajstić information content (AvgIpc) is 1.98. The number of allylic oxidation sites excluding steroid dienone is 1. The standard InChI is InChI=1S/C8H15NO/c1-4-6-7-9(10)8(3)5-2/h5H,2,4,6-7H2,1,3H3/b9-8-. The topological polar surface area (TPSA) is 26.1 Å². The van der Waals surface area contributed by atoms with Gasteiger partial charge in [0.2, 0.25) is 0 Å². The lowest BCUT2D eigenvalue weighted by Gasteiger charge is -2.03. The predicted molar refractivity (Wildman–Crippen MR) is 44.3 cm³/mol. The summed E-state index contributed by atoms with van der Waals surface area (Å²) in [6, 6.07) is 0. The van der Waals surface area contributed by atoms with Gasteiger partial charge in [-0.2, -0.15) is 0 Å². The first-order valence-corrected chi connectivity index (χ1v) is 3.63. The van der Waals surface area contributed by atoms with Gasteiger partial charge in [0.05, 0.1) is 0 Å². The Morgan fingerprint density at radius 1 is 1.70 bits per heavy atom. The minimum atomic E-state index is 0.592. The minimum Gasteiger partial charge on any atom is -0.624 e. The molecule has 0 amide bonds. The van der Waals surface area contributed by atoms with Gasteiger partial charge in [-0.05, 0) is 6.08 Å². The highest BCUT2D eigenvalue weighted by Gasteiger charge is 1.95. The van der Waals surface area contributed by atoms with E-state index in [1.54, 1.807) is 13.0 Å². The number of hydroxylamine groups is 1. The molecule has 0 unspecified atom stereocenters. The van der Waals surface area contributed by atoms with Crippen LogP contribution in [0.15, 0.2) is 12.7 Å². The van der Waals surface area contributed by atoms with Gasteiger partial charge in [0.15, 0.2) is 12.3 Å². The third-order valence-corrected chi connectivity index (χ3v) is 1.40. The quantitative estimate of drug-likeness (QED) is 0.254. The molecule has 2 nitrogen and oxygen atoms in total. The van der Waals surface area contributed by atoms with E-state index in [9.17, 15) is 5.21 Å². The Balaban J connectivity index is 3.79. The summed E-state index contributed by atoms with van der Waals surface area (Å²) in [4.78, 5) is 0. The second-order valence-corrected chi connectivity index (χ2v) is 2.30. The minimum absolute atomic E-state index is 0.592. The van der Waals surface area contributed by atoms with E-state index in [2.05, 4.69) is 13.5 Å². The molecule has 0 aliphatic carbocycles. The smallest absolute Gasteiger partial charge is 0.183 e. The maximum Gasteiger partial charge on any atom is 0.183 e. The fourth-order valence-corrected chi connectivity index (χ4v) is 0.580. The maximum absolute atomic E-state index is 10.9. The van der Waals surface area contributed by atoms with Crippen LogP contribution < -0.4 is 0 Å². The van der Waals surface area contributed by atoms with Crippen LogP contribution in [0.3, 0.4) is 0 Å². The summed E-state index contributed by atoms with van der Waals surface area (Å²) in [6.07, 6.45) is 3.60. The number of unbranched alkanes of at least 4 members (excludes halogenated alkanes) is 1. The second-order valence-electron chi connectivity index (χ2n) is 2.30. The van der Waals surface area contributed by atoms with Crippen molar-refractivity contribution in [2.75, 3.05) is 6.54 Å². The van der Waals surface area contributed by atoms with Gasteiger partial charge >= 0.3 is 0 Å². The molecule has 0 saturated heterocycles. The lowest BCUT2D eigenvalue weighted by molar-refractivity contribution is -0.457. The molecular weight excluding hydrogens is 126 g/mol. The van der Waals surface area contributed by atoms with E-state index in [0.29, 0.717) is 12.3 Å². The maximum atomic E-state index is 10.9. The van der Waals surface area contributed by atoms with Crippen molar-refractivity contribution in [3.05, 3.63) is 17.9 Å². The molecule has 0 aromatic heterocycles. The van der Waals surface area contributed by atoms with Gasteiger partial charge in [0.1, 0.15) is 0 Å². The fraction of sp³-hybridized carbons (Fsp3) is 0.625. The zero-order valence-electron chi connectivity index (χ0n) is 6.76. The van der Waals surface area contributed by atoms with Gasteiger partial charge in [0.25, 0.3) is 0 Å². The number of hydrogen-bond donors (Lipinski definition) is 0. The molecule has 0 aromatic rings. The summed E-state index contributed by atoms with van der Waals surface area (Å²) >= 11 is 0.